The molecule has 0 bridgehead atoms. The van der Waals surface area contributed by atoms with Crippen molar-refractivity contribution < 1.29 is 0 Å². The molecule has 2 aromatic rings. The minimum absolute atomic E-state index is 0. The molecule has 0 saturated carbocycles. The SMILES string of the molecule is CN=C(N)NC(N)NCCCCCCNC(N)NC(=Nc1ccc(Cl)cc1)N(C)c1ccc(Cl)cc1.Cl.Cl. The molecule has 2 atom stereocenters. The molecule has 0 aliphatic carbocycles. The summed E-state index contributed by atoms with van der Waals surface area (Å²) in [5.41, 5.74) is 19.4. The summed E-state index contributed by atoms with van der Waals surface area (Å²) >= 11 is 12.1. The van der Waals surface area contributed by atoms with Gasteiger partial charge in [-0.1, -0.05) is 36.0 Å². The first-order chi connectivity index (χ1) is 17.3. The molecule has 0 fully saturated rings. The lowest BCUT2D eigenvalue weighted by atomic mass is 10.2. The van der Waals surface area contributed by atoms with E-state index in [1.54, 1.807) is 19.2 Å². The molecule has 2 rings (SSSR count). The average Bonchev–Trinajstić information content (AvgIpc) is 2.86. The molecule has 0 amide bonds. The third-order valence-corrected chi connectivity index (χ3v) is 5.76. The maximum absolute atomic E-state index is 6.32. The Hall–Kier alpha value is -2.02. The predicted molar refractivity (Wildman–Crippen MR) is 167 cm³/mol. The van der Waals surface area contributed by atoms with Crippen LogP contribution in [0.2, 0.25) is 10.0 Å². The van der Waals surface area contributed by atoms with E-state index in [1.165, 1.54) is 0 Å². The van der Waals surface area contributed by atoms with Crippen LogP contribution >= 0.6 is 48.0 Å². The third-order valence-electron chi connectivity index (χ3n) is 5.25. The highest BCUT2D eigenvalue weighted by Gasteiger charge is 2.13. The smallest absolute Gasteiger partial charge is 0.205 e. The summed E-state index contributed by atoms with van der Waals surface area (Å²) in [5.74, 6) is 0.899. The average molecular weight is 610 g/mol. The van der Waals surface area contributed by atoms with Gasteiger partial charge in [0.1, 0.15) is 12.6 Å². The van der Waals surface area contributed by atoms with E-state index in [2.05, 4.69) is 26.3 Å². The Labute approximate surface area is 248 Å². The van der Waals surface area contributed by atoms with Gasteiger partial charge in [0.2, 0.25) is 5.96 Å². The van der Waals surface area contributed by atoms with E-state index in [0.717, 1.165) is 50.1 Å². The Morgan fingerprint density at radius 1 is 0.816 bits per heavy atom. The number of hydrogen-bond acceptors (Lipinski definition) is 6. The number of unbranched alkanes of at least 4 members (excludes halogenated alkanes) is 3. The highest BCUT2D eigenvalue weighted by Crippen LogP contribution is 2.20. The van der Waals surface area contributed by atoms with Crippen molar-refractivity contribution in [1.82, 2.24) is 21.3 Å². The van der Waals surface area contributed by atoms with Crippen LogP contribution in [-0.2, 0) is 0 Å². The second kappa shape index (κ2) is 20.0. The van der Waals surface area contributed by atoms with Crippen molar-refractivity contribution in [3.8, 4) is 0 Å². The van der Waals surface area contributed by atoms with Crippen molar-refractivity contribution in [2.45, 2.75) is 38.3 Å². The van der Waals surface area contributed by atoms with E-state index in [9.17, 15) is 0 Å². The van der Waals surface area contributed by atoms with Crippen LogP contribution in [0.4, 0.5) is 11.4 Å². The highest BCUT2D eigenvalue weighted by atomic mass is 35.5. The summed E-state index contributed by atoms with van der Waals surface area (Å²) in [6.45, 7) is 1.56. The molecule has 0 saturated heterocycles. The number of benzene rings is 2. The first kappa shape index (κ1) is 36.0. The normalized spacial score (nSPS) is 13.1. The van der Waals surface area contributed by atoms with Gasteiger partial charge in [-0.3, -0.25) is 27.1 Å². The highest BCUT2D eigenvalue weighted by molar-refractivity contribution is 6.31. The third kappa shape index (κ3) is 14.2. The summed E-state index contributed by atoms with van der Waals surface area (Å²) in [4.78, 5) is 10.5. The molecule has 0 aliphatic rings. The van der Waals surface area contributed by atoms with Gasteiger partial charge in [0.15, 0.2) is 5.96 Å². The number of halogens is 4. The lowest BCUT2D eigenvalue weighted by Gasteiger charge is -2.26. The van der Waals surface area contributed by atoms with Gasteiger partial charge in [0.05, 0.1) is 5.69 Å². The Balaban J connectivity index is 0.00000684. The number of aliphatic imine (C=N–C) groups is 2. The van der Waals surface area contributed by atoms with Crippen molar-refractivity contribution in [2.24, 2.45) is 27.2 Å². The first-order valence-corrected chi connectivity index (χ1v) is 12.6. The molecule has 0 radical (unpaired) electrons. The van der Waals surface area contributed by atoms with Crippen LogP contribution in [0.15, 0.2) is 58.5 Å². The topological polar surface area (TPSA) is 154 Å². The summed E-state index contributed by atoms with van der Waals surface area (Å²) < 4.78 is 0. The monoisotopic (exact) mass is 608 g/mol. The number of guanidine groups is 2. The standard InChI is InChI=1S/C24H38Cl2N10.2ClH/c1-30-21(27)34-22(28)31-15-5-3-4-6-16-32-23(29)35-24(33-19-11-7-17(25)8-12-19)36(2)20-13-9-18(26)10-14-20;;/h7-14,22-23,31-32H,3-6,15-16,28-29H2,1-2H3,(H,33,35)(H3,27,30,34);2*1H. The van der Waals surface area contributed by atoms with E-state index in [-0.39, 0.29) is 24.8 Å². The zero-order valence-electron chi connectivity index (χ0n) is 21.7. The Morgan fingerprint density at radius 3 is 1.79 bits per heavy atom. The maximum atomic E-state index is 6.32. The summed E-state index contributed by atoms with van der Waals surface area (Å²) in [5, 5.41) is 13.9. The molecule has 214 valence electrons. The molecular formula is C24H40Cl4N10. The molecule has 10 N–H and O–H groups in total. The van der Waals surface area contributed by atoms with E-state index in [1.807, 2.05) is 48.3 Å². The second-order valence-corrected chi connectivity index (χ2v) is 9.00. The Bertz CT molecular complexity index is 958. The number of nitrogens with zero attached hydrogens (tertiary/aromatic N) is 3. The van der Waals surface area contributed by atoms with Gasteiger partial charge in [-0.2, -0.15) is 0 Å². The predicted octanol–water partition coefficient (Wildman–Crippen LogP) is 3.31. The molecule has 0 aliphatic heterocycles. The van der Waals surface area contributed by atoms with Crippen LogP contribution < -0.4 is 43.4 Å². The summed E-state index contributed by atoms with van der Waals surface area (Å²) in [6.07, 6.45) is 3.25. The lowest BCUT2D eigenvalue weighted by Crippen LogP contribution is -2.55. The Kier molecular flexibility index (Phi) is 18.9. The summed E-state index contributed by atoms with van der Waals surface area (Å²) in [6, 6.07) is 14.8. The fraction of sp³-hybridized carbons (Fsp3) is 0.417. The fourth-order valence-corrected chi connectivity index (χ4v) is 3.46. The largest absolute Gasteiger partial charge is 0.370 e. The van der Waals surface area contributed by atoms with Gasteiger partial charge < -0.3 is 21.3 Å². The second-order valence-electron chi connectivity index (χ2n) is 8.12. The van der Waals surface area contributed by atoms with Crippen molar-refractivity contribution in [3.05, 3.63) is 58.6 Å². The molecule has 0 aromatic heterocycles. The van der Waals surface area contributed by atoms with Gasteiger partial charge in [0.25, 0.3) is 0 Å². The van der Waals surface area contributed by atoms with E-state index in [4.69, 9.17) is 45.4 Å². The number of rotatable bonds is 13. The van der Waals surface area contributed by atoms with Gasteiger partial charge >= 0.3 is 0 Å². The number of nitrogens with two attached hydrogens (primary N) is 3. The van der Waals surface area contributed by atoms with Gasteiger partial charge in [-0.15, -0.1) is 24.8 Å². The van der Waals surface area contributed by atoms with Crippen molar-refractivity contribution in [2.75, 3.05) is 32.1 Å². The molecule has 10 nitrogen and oxygen atoms in total. The van der Waals surface area contributed by atoms with Crippen LogP contribution in [0, 0.1) is 0 Å². The van der Waals surface area contributed by atoms with Crippen molar-refractivity contribution >= 4 is 71.3 Å². The number of hydrogen-bond donors (Lipinski definition) is 7. The van der Waals surface area contributed by atoms with Crippen LogP contribution in [0.5, 0.6) is 0 Å². The maximum Gasteiger partial charge on any atom is 0.205 e. The molecule has 2 unspecified atom stereocenters. The van der Waals surface area contributed by atoms with Gasteiger partial charge in [-0.25, -0.2) is 4.99 Å². The molecule has 38 heavy (non-hydrogen) atoms. The van der Waals surface area contributed by atoms with E-state index >= 15 is 0 Å². The van der Waals surface area contributed by atoms with Crippen LogP contribution in [0.3, 0.4) is 0 Å². The van der Waals surface area contributed by atoms with Crippen molar-refractivity contribution in [3.63, 3.8) is 0 Å². The van der Waals surface area contributed by atoms with Crippen LogP contribution in [0.1, 0.15) is 25.7 Å². The lowest BCUT2D eigenvalue weighted by molar-refractivity contribution is 0.462. The minimum Gasteiger partial charge on any atom is -0.370 e. The molecule has 2 aromatic carbocycles. The zero-order valence-corrected chi connectivity index (χ0v) is 24.8. The fourth-order valence-electron chi connectivity index (χ4n) is 3.21. The molecule has 14 heteroatoms. The first-order valence-electron chi connectivity index (χ1n) is 11.9. The minimum atomic E-state index is -0.484. The van der Waals surface area contributed by atoms with E-state index < -0.39 is 12.6 Å². The van der Waals surface area contributed by atoms with Crippen LogP contribution in [0.25, 0.3) is 0 Å². The van der Waals surface area contributed by atoms with Crippen molar-refractivity contribution in [1.29, 1.82) is 0 Å². The molecule has 0 heterocycles. The quantitative estimate of drug-likeness (QED) is 0.0790. The number of anilines is 1. The van der Waals surface area contributed by atoms with Gasteiger partial charge in [-0.05, 0) is 74.5 Å². The Morgan fingerprint density at radius 2 is 1.29 bits per heavy atom. The van der Waals surface area contributed by atoms with Crippen LogP contribution in [-0.4, -0.2) is 51.7 Å². The summed E-state index contributed by atoms with van der Waals surface area (Å²) in [7, 11) is 3.52. The number of nitrogens with one attached hydrogen (secondary N) is 4. The molecular weight excluding hydrogens is 570 g/mol. The zero-order chi connectivity index (χ0) is 26.3. The van der Waals surface area contributed by atoms with Gasteiger partial charge in [0, 0.05) is 29.8 Å². The van der Waals surface area contributed by atoms with E-state index in [0.29, 0.717) is 22.0 Å². The molecule has 0 spiro atoms.